The van der Waals surface area contributed by atoms with Crippen molar-refractivity contribution in [2.75, 3.05) is 26.4 Å². The molecule has 104 valence electrons. The fourth-order valence-corrected chi connectivity index (χ4v) is 0.889. The van der Waals surface area contributed by atoms with E-state index in [1.165, 1.54) is 0 Å². The van der Waals surface area contributed by atoms with Gasteiger partial charge in [-0.1, -0.05) is 6.58 Å². The third-order valence-electron chi connectivity index (χ3n) is 1.72. The van der Waals surface area contributed by atoms with Gasteiger partial charge >= 0.3 is 12.1 Å². The summed E-state index contributed by atoms with van der Waals surface area (Å²) in [5.74, 6) is -0.476. The number of esters is 1. The van der Waals surface area contributed by atoms with Crippen LogP contribution in [0.3, 0.4) is 0 Å². The van der Waals surface area contributed by atoms with Crippen molar-refractivity contribution in [2.45, 2.75) is 26.9 Å². The van der Waals surface area contributed by atoms with Gasteiger partial charge in [-0.3, -0.25) is 0 Å². The smallest absolute Gasteiger partial charge is 0.407 e. The molecule has 0 aromatic rings. The molecule has 0 heterocycles. The molecule has 0 rings (SSSR count). The van der Waals surface area contributed by atoms with Crippen LogP contribution in [0.15, 0.2) is 12.2 Å². The summed E-state index contributed by atoms with van der Waals surface area (Å²) >= 11 is 0. The Kier molecular flexibility index (Phi) is 8.65. The molecule has 18 heavy (non-hydrogen) atoms. The Morgan fingerprint density at radius 3 is 2.39 bits per heavy atom. The molecule has 0 unspecified atom stereocenters. The monoisotopic (exact) mass is 259 g/mol. The molecule has 0 saturated carbocycles. The number of carbonyl (C=O) groups is 2. The lowest BCUT2D eigenvalue weighted by Gasteiger charge is -2.09. The van der Waals surface area contributed by atoms with Crippen LogP contribution in [0, 0.1) is 0 Å². The van der Waals surface area contributed by atoms with E-state index in [1.54, 1.807) is 6.92 Å². The second kappa shape index (κ2) is 9.47. The van der Waals surface area contributed by atoms with Crippen molar-refractivity contribution in [3.63, 3.8) is 0 Å². The zero-order valence-corrected chi connectivity index (χ0v) is 11.2. The highest BCUT2D eigenvalue weighted by molar-refractivity contribution is 5.86. The number of amides is 1. The predicted molar refractivity (Wildman–Crippen MR) is 66.2 cm³/mol. The van der Waals surface area contributed by atoms with E-state index in [0.717, 1.165) is 0 Å². The largest absolute Gasteiger partial charge is 0.460 e. The van der Waals surface area contributed by atoms with Gasteiger partial charge in [0.25, 0.3) is 0 Å². The molecule has 0 aliphatic rings. The van der Waals surface area contributed by atoms with E-state index in [-0.39, 0.29) is 25.9 Å². The fraction of sp³-hybridized carbons (Fsp3) is 0.667. The Hall–Kier alpha value is -1.56. The van der Waals surface area contributed by atoms with Gasteiger partial charge in [-0.05, 0) is 20.8 Å². The molecule has 0 aliphatic carbocycles. The molecule has 6 nitrogen and oxygen atoms in total. The Bertz CT molecular complexity index is 288. The molecule has 0 bridgehead atoms. The van der Waals surface area contributed by atoms with Gasteiger partial charge in [0.15, 0.2) is 0 Å². The lowest BCUT2D eigenvalue weighted by atomic mass is 10.4. The van der Waals surface area contributed by atoms with Gasteiger partial charge in [-0.15, -0.1) is 0 Å². The third-order valence-corrected chi connectivity index (χ3v) is 1.72. The molecule has 6 heteroatoms. The number of alkyl carbamates (subject to hydrolysis) is 1. The number of hydrogen-bond donors (Lipinski definition) is 1. The van der Waals surface area contributed by atoms with Crippen molar-refractivity contribution in [3.05, 3.63) is 12.2 Å². The Balaban J connectivity index is 3.43. The van der Waals surface area contributed by atoms with E-state index in [1.807, 2.05) is 13.8 Å². The molecule has 0 aromatic carbocycles. The first kappa shape index (κ1) is 16.4. The van der Waals surface area contributed by atoms with Crippen LogP contribution >= 0.6 is 0 Å². The average molecular weight is 259 g/mol. The minimum Gasteiger partial charge on any atom is -0.460 e. The first-order valence-corrected chi connectivity index (χ1v) is 5.78. The van der Waals surface area contributed by atoms with Gasteiger partial charge in [-0.25, -0.2) is 9.59 Å². The number of nitrogens with one attached hydrogen (secondary N) is 1. The molecular formula is C12H21NO5. The minimum absolute atomic E-state index is 0.0866. The second-order valence-corrected chi connectivity index (χ2v) is 3.90. The lowest BCUT2D eigenvalue weighted by Crippen LogP contribution is -2.29. The van der Waals surface area contributed by atoms with Crippen molar-refractivity contribution < 1.29 is 23.8 Å². The standard InChI is InChI=1S/C12H21NO5/c1-9(2)11(14)17-6-5-13-12(15)18-8-7-16-10(3)4/h10H,1,5-8H2,2-4H3,(H,13,15). The van der Waals surface area contributed by atoms with E-state index in [4.69, 9.17) is 14.2 Å². The molecule has 0 aliphatic heterocycles. The number of hydrogen-bond acceptors (Lipinski definition) is 5. The van der Waals surface area contributed by atoms with Crippen LogP contribution in [-0.4, -0.2) is 44.5 Å². The third kappa shape index (κ3) is 9.65. The highest BCUT2D eigenvalue weighted by atomic mass is 16.6. The van der Waals surface area contributed by atoms with Crippen LogP contribution in [0.2, 0.25) is 0 Å². The van der Waals surface area contributed by atoms with Crippen molar-refractivity contribution in [2.24, 2.45) is 0 Å². The van der Waals surface area contributed by atoms with Crippen LogP contribution < -0.4 is 5.32 Å². The maximum absolute atomic E-state index is 11.1. The highest BCUT2D eigenvalue weighted by Gasteiger charge is 2.04. The molecule has 0 saturated heterocycles. The maximum atomic E-state index is 11.1. The molecule has 1 amide bonds. The van der Waals surface area contributed by atoms with Crippen molar-refractivity contribution in [1.82, 2.24) is 5.32 Å². The van der Waals surface area contributed by atoms with E-state index in [0.29, 0.717) is 12.2 Å². The summed E-state index contributed by atoms with van der Waals surface area (Å²) in [6, 6.07) is 0. The molecule has 1 N–H and O–H groups in total. The summed E-state index contributed by atoms with van der Waals surface area (Å²) in [5.41, 5.74) is 0.323. The van der Waals surface area contributed by atoms with Gasteiger partial charge in [-0.2, -0.15) is 0 Å². The summed E-state index contributed by atoms with van der Waals surface area (Å²) in [4.78, 5) is 22.1. The van der Waals surface area contributed by atoms with E-state index >= 15 is 0 Å². The van der Waals surface area contributed by atoms with Gasteiger partial charge in [0, 0.05) is 5.57 Å². The summed E-state index contributed by atoms with van der Waals surface area (Å²) in [6.45, 7) is 9.62. The first-order chi connectivity index (χ1) is 8.43. The molecular weight excluding hydrogens is 238 g/mol. The Labute approximate surface area is 107 Å². The van der Waals surface area contributed by atoms with Crippen LogP contribution in [0.1, 0.15) is 20.8 Å². The van der Waals surface area contributed by atoms with Crippen LogP contribution in [0.5, 0.6) is 0 Å². The minimum atomic E-state index is -0.561. The number of carbonyl (C=O) groups excluding carboxylic acids is 2. The molecule has 0 radical (unpaired) electrons. The van der Waals surface area contributed by atoms with Crippen LogP contribution in [0.25, 0.3) is 0 Å². The van der Waals surface area contributed by atoms with Crippen LogP contribution in [-0.2, 0) is 19.0 Å². The predicted octanol–water partition coefficient (Wildman–Crippen LogP) is 1.26. The maximum Gasteiger partial charge on any atom is 0.407 e. The summed E-state index contributed by atoms with van der Waals surface area (Å²) in [5, 5.41) is 2.44. The second-order valence-electron chi connectivity index (χ2n) is 3.90. The SMILES string of the molecule is C=C(C)C(=O)OCCNC(=O)OCCOC(C)C. The van der Waals surface area contributed by atoms with Crippen LogP contribution in [0.4, 0.5) is 4.79 Å². The van der Waals surface area contributed by atoms with E-state index < -0.39 is 12.1 Å². The zero-order valence-electron chi connectivity index (χ0n) is 11.2. The quantitative estimate of drug-likeness (QED) is 0.403. The first-order valence-electron chi connectivity index (χ1n) is 5.78. The van der Waals surface area contributed by atoms with Crippen molar-refractivity contribution >= 4 is 12.1 Å². The number of ether oxygens (including phenoxy) is 3. The fourth-order valence-electron chi connectivity index (χ4n) is 0.889. The molecule has 0 fully saturated rings. The van der Waals surface area contributed by atoms with Gasteiger partial charge in [0.05, 0.1) is 19.3 Å². The van der Waals surface area contributed by atoms with Gasteiger partial charge < -0.3 is 19.5 Å². The molecule has 0 spiro atoms. The van der Waals surface area contributed by atoms with Crippen molar-refractivity contribution in [3.8, 4) is 0 Å². The Morgan fingerprint density at radius 1 is 1.17 bits per heavy atom. The zero-order chi connectivity index (χ0) is 14.0. The number of rotatable bonds is 8. The lowest BCUT2D eigenvalue weighted by molar-refractivity contribution is -0.138. The topological polar surface area (TPSA) is 73.9 Å². The van der Waals surface area contributed by atoms with E-state index in [9.17, 15) is 9.59 Å². The summed E-state index contributed by atoms with van der Waals surface area (Å²) in [6.07, 6.45) is -0.452. The van der Waals surface area contributed by atoms with Crippen molar-refractivity contribution in [1.29, 1.82) is 0 Å². The Morgan fingerprint density at radius 2 is 1.83 bits per heavy atom. The van der Waals surface area contributed by atoms with E-state index in [2.05, 4.69) is 11.9 Å². The highest BCUT2D eigenvalue weighted by Crippen LogP contribution is 1.91. The average Bonchev–Trinajstić information content (AvgIpc) is 2.29. The molecule has 0 aromatic heterocycles. The summed E-state index contributed by atoms with van der Waals surface area (Å²) in [7, 11) is 0. The van der Waals surface area contributed by atoms with Gasteiger partial charge in [0.1, 0.15) is 13.2 Å². The van der Waals surface area contributed by atoms with Gasteiger partial charge in [0.2, 0.25) is 0 Å². The normalized spacial score (nSPS) is 10.0. The molecule has 0 atom stereocenters. The summed E-state index contributed by atoms with van der Waals surface area (Å²) < 4.78 is 14.8.